The summed E-state index contributed by atoms with van der Waals surface area (Å²) >= 11 is 3.58. The zero-order valence-electron chi connectivity index (χ0n) is 14.3. The van der Waals surface area contributed by atoms with Crippen LogP contribution in [0.3, 0.4) is 0 Å². The van der Waals surface area contributed by atoms with Crippen LogP contribution in [0.1, 0.15) is 53.2 Å². The van der Waals surface area contributed by atoms with Crippen LogP contribution in [0.25, 0.3) is 0 Å². The number of hydrogen-bond donors (Lipinski definition) is 1. The number of carbonyl (C=O) groups excluding carboxylic acids is 2. The Morgan fingerprint density at radius 1 is 1.12 bits per heavy atom. The standard InChI is InChI=1S/C21H22BrNO2/c1-14-10-12-15(13-11-14)21(25)23-20(16-6-2-4-8-18(16)22)17-7-3-5-9-19(17)24/h2,4,6,8,10-13,17,20H,3,5,7,9H2,1H3,(H,23,25). The maximum Gasteiger partial charge on any atom is 0.251 e. The molecule has 2 aromatic carbocycles. The van der Waals surface area contributed by atoms with Crippen molar-refractivity contribution in [3.63, 3.8) is 0 Å². The first-order valence-corrected chi connectivity index (χ1v) is 9.50. The van der Waals surface area contributed by atoms with E-state index >= 15 is 0 Å². The Morgan fingerprint density at radius 3 is 2.52 bits per heavy atom. The first kappa shape index (κ1) is 17.9. The molecule has 0 aliphatic heterocycles. The number of rotatable bonds is 4. The van der Waals surface area contributed by atoms with E-state index in [1.807, 2.05) is 55.5 Å². The SMILES string of the molecule is Cc1ccc(C(=O)NC(c2ccccc2Br)C2CCCCC2=O)cc1. The zero-order chi connectivity index (χ0) is 17.8. The minimum absolute atomic E-state index is 0.140. The maximum atomic E-state index is 12.8. The van der Waals surface area contributed by atoms with E-state index in [2.05, 4.69) is 21.2 Å². The molecule has 0 bridgehead atoms. The van der Waals surface area contributed by atoms with E-state index in [1.165, 1.54) is 0 Å². The van der Waals surface area contributed by atoms with Gasteiger partial charge in [-0.3, -0.25) is 9.59 Å². The number of amides is 1. The fourth-order valence-electron chi connectivity index (χ4n) is 3.41. The van der Waals surface area contributed by atoms with Crippen LogP contribution in [0, 0.1) is 12.8 Å². The minimum Gasteiger partial charge on any atom is -0.344 e. The average molecular weight is 400 g/mol. The van der Waals surface area contributed by atoms with Crippen molar-refractivity contribution in [1.82, 2.24) is 5.32 Å². The molecule has 1 aliphatic carbocycles. The van der Waals surface area contributed by atoms with Gasteiger partial charge in [-0.05, 0) is 43.5 Å². The lowest BCUT2D eigenvalue weighted by molar-refractivity contribution is -0.125. The van der Waals surface area contributed by atoms with Crippen LogP contribution in [0.5, 0.6) is 0 Å². The molecule has 1 aliphatic rings. The molecule has 1 N–H and O–H groups in total. The highest BCUT2D eigenvalue weighted by Crippen LogP contribution is 2.35. The molecule has 2 atom stereocenters. The molecule has 2 aromatic rings. The van der Waals surface area contributed by atoms with Crippen molar-refractivity contribution in [3.8, 4) is 0 Å². The maximum absolute atomic E-state index is 12.8. The molecular formula is C21H22BrNO2. The smallest absolute Gasteiger partial charge is 0.251 e. The first-order valence-electron chi connectivity index (χ1n) is 8.71. The number of halogens is 1. The van der Waals surface area contributed by atoms with Crippen LogP contribution in [0.2, 0.25) is 0 Å². The number of nitrogens with one attached hydrogen (secondary N) is 1. The van der Waals surface area contributed by atoms with Gasteiger partial charge in [0.05, 0.1) is 6.04 Å². The molecule has 0 saturated heterocycles. The quantitative estimate of drug-likeness (QED) is 0.786. The summed E-state index contributed by atoms with van der Waals surface area (Å²) in [6, 6.07) is 15.0. The predicted octanol–water partition coefficient (Wildman–Crippen LogP) is 4.99. The highest BCUT2D eigenvalue weighted by Gasteiger charge is 2.33. The number of hydrogen-bond acceptors (Lipinski definition) is 2. The molecule has 25 heavy (non-hydrogen) atoms. The summed E-state index contributed by atoms with van der Waals surface area (Å²) in [7, 11) is 0. The van der Waals surface area contributed by atoms with Crippen molar-refractivity contribution in [2.45, 2.75) is 38.6 Å². The van der Waals surface area contributed by atoms with Crippen molar-refractivity contribution in [2.75, 3.05) is 0 Å². The summed E-state index contributed by atoms with van der Waals surface area (Å²) in [5, 5.41) is 3.12. The third-order valence-corrected chi connectivity index (χ3v) is 5.57. The topological polar surface area (TPSA) is 46.2 Å². The van der Waals surface area contributed by atoms with Crippen LogP contribution in [-0.4, -0.2) is 11.7 Å². The fourth-order valence-corrected chi connectivity index (χ4v) is 3.95. The van der Waals surface area contributed by atoms with Crippen LogP contribution in [-0.2, 0) is 4.79 Å². The molecular weight excluding hydrogens is 378 g/mol. The second-order valence-electron chi connectivity index (χ2n) is 6.66. The van der Waals surface area contributed by atoms with Crippen molar-refractivity contribution in [2.24, 2.45) is 5.92 Å². The lowest BCUT2D eigenvalue weighted by atomic mass is 9.80. The van der Waals surface area contributed by atoms with Gasteiger partial charge in [0, 0.05) is 22.4 Å². The van der Waals surface area contributed by atoms with Gasteiger partial charge in [-0.25, -0.2) is 0 Å². The Bertz CT molecular complexity index is 770. The van der Waals surface area contributed by atoms with E-state index in [9.17, 15) is 9.59 Å². The predicted molar refractivity (Wildman–Crippen MR) is 102 cm³/mol. The van der Waals surface area contributed by atoms with Gasteiger partial charge < -0.3 is 5.32 Å². The van der Waals surface area contributed by atoms with Gasteiger partial charge in [0.2, 0.25) is 0 Å². The van der Waals surface area contributed by atoms with Gasteiger partial charge in [0.15, 0.2) is 0 Å². The molecule has 3 nitrogen and oxygen atoms in total. The average Bonchev–Trinajstić information content (AvgIpc) is 2.61. The van der Waals surface area contributed by atoms with Gasteiger partial charge in [-0.15, -0.1) is 0 Å². The fraction of sp³-hybridized carbons (Fsp3) is 0.333. The van der Waals surface area contributed by atoms with Crippen molar-refractivity contribution in [3.05, 3.63) is 69.7 Å². The van der Waals surface area contributed by atoms with Crippen molar-refractivity contribution < 1.29 is 9.59 Å². The van der Waals surface area contributed by atoms with Crippen molar-refractivity contribution >= 4 is 27.6 Å². The molecule has 130 valence electrons. The van der Waals surface area contributed by atoms with E-state index in [1.54, 1.807) is 0 Å². The molecule has 1 amide bonds. The van der Waals surface area contributed by atoms with Crippen molar-refractivity contribution in [1.29, 1.82) is 0 Å². The van der Waals surface area contributed by atoms with Crippen LogP contribution in [0.4, 0.5) is 0 Å². The minimum atomic E-state index is -0.308. The summed E-state index contributed by atoms with van der Waals surface area (Å²) in [5.74, 6) is -0.0582. The summed E-state index contributed by atoms with van der Waals surface area (Å²) in [6.45, 7) is 1.99. The monoisotopic (exact) mass is 399 g/mol. The van der Waals surface area contributed by atoms with E-state index in [4.69, 9.17) is 0 Å². The Labute approximate surface area is 157 Å². The third-order valence-electron chi connectivity index (χ3n) is 4.84. The lowest BCUT2D eigenvalue weighted by Gasteiger charge is -2.31. The zero-order valence-corrected chi connectivity index (χ0v) is 15.9. The molecule has 0 heterocycles. The first-order chi connectivity index (χ1) is 12.1. The Hall–Kier alpha value is -1.94. The summed E-state index contributed by atoms with van der Waals surface area (Å²) in [5.41, 5.74) is 2.69. The largest absolute Gasteiger partial charge is 0.344 e. The molecule has 1 saturated carbocycles. The Morgan fingerprint density at radius 2 is 1.84 bits per heavy atom. The number of ketones is 1. The van der Waals surface area contributed by atoms with E-state index in [0.717, 1.165) is 34.9 Å². The number of aryl methyl sites for hydroxylation is 1. The second-order valence-corrected chi connectivity index (χ2v) is 7.51. The highest BCUT2D eigenvalue weighted by molar-refractivity contribution is 9.10. The van der Waals surface area contributed by atoms with Gasteiger partial charge in [0.1, 0.15) is 5.78 Å². The molecule has 0 radical (unpaired) electrons. The normalized spacial score (nSPS) is 18.6. The number of benzene rings is 2. The van der Waals surface area contributed by atoms with E-state index in [0.29, 0.717) is 12.0 Å². The molecule has 0 spiro atoms. The van der Waals surface area contributed by atoms with Gasteiger partial charge in [0.25, 0.3) is 5.91 Å². The third kappa shape index (κ3) is 4.18. The molecule has 2 unspecified atom stereocenters. The van der Waals surface area contributed by atoms with Gasteiger partial charge in [-0.2, -0.15) is 0 Å². The summed E-state index contributed by atoms with van der Waals surface area (Å²) in [6.07, 6.45) is 3.40. The van der Waals surface area contributed by atoms with Gasteiger partial charge >= 0.3 is 0 Å². The van der Waals surface area contributed by atoms with Crippen LogP contribution < -0.4 is 5.32 Å². The lowest BCUT2D eigenvalue weighted by Crippen LogP contribution is -2.38. The van der Waals surface area contributed by atoms with Crippen LogP contribution in [0.15, 0.2) is 53.0 Å². The van der Waals surface area contributed by atoms with Gasteiger partial charge in [-0.1, -0.05) is 58.2 Å². The summed E-state index contributed by atoms with van der Waals surface area (Å²) < 4.78 is 0.919. The van der Waals surface area contributed by atoms with E-state index in [-0.39, 0.29) is 23.7 Å². The Kier molecular flexibility index (Phi) is 5.69. The number of Topliss-reactive ketones (excluding diaryl/α,β-unsaturated/α-hetero) is 1. The molecule has 3 rings (SSSR count). The summed E-state index contributed by atoms with van der Waals surface area (Å²) in [4.78, 5) is 25.3. The molecule has 4 heteroatoms. The molecule has 0 aromatic heterocycles. The molecule has 1 fully saturated rings. The van der Waals surface area contributed by atoms with Crippen LogP contribution >= 0.6 is 15.9 Å². The highest BCUT2D eigenvalue weighted by atomic mass is 79.9. The number of carbonyl (C=O) groups is 2. The second kappa shape index (κ2) is 7.96. The Balaban J connectivity index is 1.91. The van der Waals surface area contributed by atoms with E-state index < -0.39 is 0 Å².